The summed E-state index contributed by atoms with van der Waals surface area (Å²) in [6.45, 7) is 3.23. The van der Waals surface area contributed by atoms with Gasteiger partial charge in [0.1, 0.15) is 0 Å². The molecule has 14 heavy (non-hydrogen) atoms. The second-order valence-corrected chi connectivity index (χ2v) is 3.34. The predicted octanol–water partition coefficient (Wildman–Crippen LogP) is 1.59. The van der Waals surface area contributed by atoms with Crippen LogP contribution in [0.5, 0.6) is 0 Å². The summed E-state index contributed by atoms with van der Waals surface area (Å²) in [5, 5.41) is 2.87. The standard InChI is InChI=1S/C7H6ClF3N2O/c1-2-3-6(8)4(7(9,10)11)12-13-5(6)14/h2H,1,3H2,(H,13,14). The molecule has 0 aromatic rings. The highest BCUT2D eigenvalue weighted by Gasteiger charge is 2.56. The van der Waals surface area contributed by atoms with Gasteiger partial charge in [-0.25, -0.2) is 5.43 Å². The van der Waals surface area contributed by atoms with Crippen LogP contribution in [-0.4, -0.2) is 22.7 Å². The predicted molar refractivity (Wildman–Crippen MR) is 45.0 cm³/mol. The molecule has 0 spiro atoms. The number of halogens is 4. The van der Waals surface area contributed by atoms with Crippen molar-refractivity contribution in [2.75, 3.05) is 0 Å². The lowest BCUT2D eigenvalue weighted by molar-refractivity contribution is -0.121. The third-order valence-corrected chi connectivity index (χ3v) is 2.20. The van der Waals surface area contributed by atoms with Crippen molar-refractivity contribution >= 4 is 23.2 Å². The maximum Gasteiger partial charge on any atom is 0.433 e. The molecule has 1 aliphatic rings. The Labute approximate surface area is 82.6 Å². The Morgan fingerprint density at radius 2 is 2.21 bits per heavy atom. The van der Waals surface area contributed by atoms with Crippen LogP contribution >= 0.6 is 11.6 Å². The summed E-state index contributed by atoms with van der Waals surface area (Å²) in [7, 11) is 0. The molecule has 0 saturated carbocycles. The Kier molecular flexibility index (Phi) is 2.58. The number of hydrogen-bond acceptors (Lipinski definition) is 2. The second-order valence-electron chi connectivity index (χ2n) is 2.69. The lowest BCUT2D eigenvalue weighted by Crippen LogP contribution is -2.45. The molecule has 0 aliphatic carbocycles. The molecule has 1 N–H and O–H groups in total. The average Bonchev–Trinajstić information content (AvgIpc) is 2.28. The minimum absolute atomic E-state index is 0.321. The maximum atomic E-state index is 12.3. The molecule has 0 aromatic heterocycles. The molecule has 1 rings (SSSR count). The number of nitrogens with zero attached hydrogens (tertiary/aromatic N) is 1. The number of allylic oxidation sites excluding steroid dienone is 1. The SMILES string of the molecule is C=CCC1(Cl)C(=O)NN=C1C(F)(F)F. The van der Waals surface area contributed by atoms with Gasteiger partial charge in [0.2, 0.25) is 0 Å². The van der Waals surface area contributed by atoms with Crippen molar-refractivity contribution in [3.8, 4) is 0 Å². The Morgan fingerprint density at radius 1 is 1.64 bits per heavy atom. The molecule has 1 heterocycles. The number of nitrogens with one attached hydrogen (secondary N) is 1. The number of carbonyl (C=O) groups is 1. The van der Waals surface area contributed by atoms with E-state index < -0.39 is 22.7 Å². The van der Waals surface area contributed by atoms with Crippen LogP contribution in [-0.2, 0) is 4.79 Å². The Morgan fingerprint density at radius 3 is 2.64 bits per heavy atom. The van der Waals surface area contributed by atoms with E-state index >= 15 is 0 Å². The molecular formula is C7H6ClF3N2O. The highest BCUT2D eigenvalue weighted by atomic mass is 35.5. The smallest absolute Gasteiger partial charge is 0.271 e. The highest BCUT2D eigenvalue weighted by molar-refractivity contribution is 6.49. The molecule has 1 atom stereocenters. The van der Waals surface area contributed by atoms with Crippen molar-refractivity contribution in [3.63, 3.8) is 0 Å². The van der Waals surface area contributed by atoms with Gasteiger partial charge in [-0.05, 0) is 6.42 Å². The minimum Gasteiger partial charge on any atom is -0.271 e. The lowest BCUT2D eigenvalue weighted by atomic mass is 9.98. The van der Waals surface area contributed by atoms with Crippen molar-refractivity contribution in [2.45, 2.75) is 17.5 Å². The highest BCUT2D eigenvalue weighted by Crippen LogP contribution is 2.35. The first-order valence-electron chi connectivity index (χ1n) is 3.58. The monoisotopic (exact) mass is 226 g/mol. The molecule has 1 amide bonds. The molecule has 1 aliphatic heterocycles. The number of carbonyl (C=O) groups excluding carboxylic acids is 1. The first-order valence-corrected chi connectivity index (χ1v) is 3.96. The van der Waals surface area contributed by atoms with Gasteiger partial charge in [-0.3, -0.25) is 4.79 Å². The number of alkyl halides is 4. The molecule has 1 unspecified atom stereocenters. The van der Waals surface area contributed by atoms with Crippen LogP contribution in [0.4, 0.5) is 13.2 Å². The normalized spacial score (nSPS) is 27.1. The van der Waals surface area contributed by atoms with Gasteiger partial charge in [-0.1, -0.05) is 6.08 Å². The van der Waals surface area contributed by atoms with Crippen LogP contribution in [0.25, 0.3) is 0 Å². The number of hydrogen-bond donors (Lipinski definition) is 1. The summed E-state index contributed by atoms with van der Waals surface area (Å²) in [4.78, 5) is 8.87. The van der Waals surface area contributed by atoms with Crippen molar-refractivity contribution in [3.05, 3.63) is 12.7 Å². The van der Waals surface area contributed by atoms with E-state index in [2.05, 4.69) is 11.7 Å². The van der Waals surface area contributed by atoms with Gasteiger partial charge >= 0.3 is 6.18 Å². The Balaban J connectivity index is 3.08. The van der Waals surface area contributed by atoms with Crippen LogP contribution < -0.4 is 5.43 Å². The molecular weight excluding hydrogens is 221 g/mol. The van der Waals surface area contributed by atoms with Gasteiger partial charge in [0.15, 0.2) is 10.6 Å². The van der Waals surface area contributed by atoms with E-state index in [0.29, 0.717) is 0 Å². The molecule has 0 fully saturated rings. The summed E-state index contributed by atoms with van der Waals surface area (Å²) >= 11 is 5.54. The van der Waals surface area contributed by atoms with Crippen molar-refractivity contribution in [1.82, 2.24) is 5.43 Å². The van der Waals surface area contributed by atoms with E-state index in [-0.39, 0.29) is 6.42 Å². The fourth-order valence-corrected chi connectivity index (χ4v) is 1.37. The van der Waals surface area contributed by atoms with Crippen molar-refractivity contribution < 1.29 is 18.0 Å². The zero-order valence-electron chi connectivity index (χ0n) is 6.86. The third kappa shape index (κ3) is 1.61. The Hall–Kier alpha value is -1.04. The summed E-state index contributed by atoms with van der Waals surface area (Å²) in [6, 6.07) is 0. The summed E-state index contributed by atoms with van der Waals surface area (Å²) in [5.41, 5.74) is 0.378. The largest absolute Gasteiger partial charge is 0.433 e. The van der Waals surface area contributed by atoms with E-state index in [0.717, 1.165) is 6.08 Å². The summed E-state index contributed by atoms with van der Waals surface area (Å²) in [6.07, 6.45) is -3.90. The van der Waals surface area contributed by atoms with E-state index in [1.165, 1.54) is 0 Å². The maximum absolute atomic E-state index is 12.3. The van der Waals surface area contributed by atoms with Gasteiger partial charge in [0.05, 0.1) is 0 Å². The topological polar surface area (TPSA) is 41.5 Å². The van der Waals surface area contributed by atoms with Gasteiger partial charge in [0, 0.05) is 0 Å². The van der Waals surface area contributed by atoms with Gasteiger partial charge in [-0.2, -0.15) is 18.3 Å². The number of rotatable bonds is 2. The lowest BCUT2D eigenvalue weighted by Gasteiger charge is -2.19. The summed E-state index contributed by atoms with van der Waals surface area (Å²) in [5.74, 6) is -0.980. The van der Waals surface area contributed by atoms with E-state index in [4.69, 9.17) is 11.6 Å². The van der Waals surface area contributed by atoms with E-state index in [9.17, 15) is 18.0 Å². The molecule has 0 saturated heterocycles. The van der Waals surface area contributed by atoms with Crippen LogP contribution in [0.3, 0.4) is 0 Å². The average molecular weight is 227 g/mol. The summed E-state index contributed by atoms with van der Waals surface area (Å²) < 4.78 is 36.9. The van der Waals surface area contributed by atoms with Gasteiger partial charge in [0.25, 0.3) is 5.91 Å². The van der Waals surface area contributed by atoms with Crippen molar-refractivity contribution in [2.24, 2.45) is 5.10 Å². The van der Waals surface area contributed by atoms with Crippen LogP contribution in [0.15, 0.2) is 17.8 Å². The van der Waals surface area contributed by atoms with Gasteiger partial charge < -0.3 is 0 Å². The fraction of sp³-hybridized carbons (Fsp3) is 0.429. The molecule has 7 heteroatoms. The van der Waals surface area contributed by atoms with Crippen LogP contribution in [0, 0.1) is 0 Å². The molecule has 0 radical (unpaired) electrons. The second kappa shape index (κ2) is 3.27. The van der Waals surface area contributed by atoms with Crippen LogP contribution in [0.1, 0.15) is 6.42 Å². The fourth-order valence-electron chi connectivity index (χ4n) is 1.07. The molecule has 0 aromatic carbocycles. The third-order valence-electron chi connectivity index (χ3n) is 1.70. The molecule has 78 valence electrons. The minimum atomic E-state index is -4.72. The van der Waals surface area contributed by atoms with Gasteiger partial charge in [-0.15, -0.1) is 18.2 Å². The quantitative estimate of drug-likeness (QED) is 0.564. The van der Waals surface area contributed by atoms with E-state index in [1.807, 2.05) is 0 Å². The zero-order valence-corrected chi connectivity index (χ0v) is 7.61. The first-order chi connectivity index (χ1) is 6.32. The number of amides is 1. The first kappa shape index (κ1) is 11.0. The van der Waals surface area contributed by atoms with E-state index in [1.54, 1.807) is 5.43 Å². The zero-order chi connectivity index (χ0) is 11.0. The number of hydrazone groups is 1. The Bertz CT molecular complexity index is 313. The van der Waals surface area contributed by atoms with Crippen LogP contribution in [0.2, 0.25) is 0 Å². The van der Waals surface area contributed by atoms with Crippen molar-refractivity contribution in [1.29, 1.82) is 0 Å². The molecule has 3 nitrogen and oxygen atoms in total. The molecule has 0 bridgehead atoms.